The number of pyridine rings is 1. The highest BCUT2D eigenvalue weighted by Gasteiger charge is 2.36. The molecule has 0 saturated carbocycles. The molecule has 1 aromatic heterocycles. The molecule has 27 heavy (non-hydrogen) atoms. The van der Waals surface area contributed by atoms with Gasteiger partial charge in [0, 0.05) is 28.6 Å². The maximum atomic E-state index is 12.3. The van der Waals surface area contributed by atoms with E-state index in [0.29, 0.717) is 51.9 Å². The number of carbonyl (C=O) groups is 1. The number of carbonyl (C=O) groups excluding carboxylic acids is 1. The lowest BCUT2D eigenvalue weighted by atomic mass is 9.80. The predicted molar refractivity (Wildman–Crippen MR) is 100 cm³/mol. The minimum absolute atomic E-state index is 0.402. The fraction of sp³-hybridized carbons (Fsp3) is 0.250. The van der Waals surface area contributed by atoms with E-state index in [2.05, 4.69) is 16.4 Å². The zero-order valence-electron chi connectivity index (χ0n) is 15.4. The van der Waals surface area contributed by atoms with Gasteiger partial charge in [-0.15, -0.1) is 0 Å². The third-order valence-corrected chi connectivity index (χ3v) is 4.48. The lowest BCUT2D eigenvalue weighted by Crippen LogP contribution is -2.28. The number of hydrogen-bond donors (Lipinski definition) is 2. The van der Waals surface area contributed by atoms with Gasteiger partial charge < -0.3 is 20.5 Å². The number of amides is 1. The van der Waals surface area contributed by atoms with E-state index in [1.54, 1.807) is 37.4 Å². The number of nitrogens with two attached hydrogens (primary N) is 1. The monoisotopic (exact) mass is 364 g/mol. The van der Waals surface area contributed by atoms with E-state index in [1.165, 1.54) is 7.11 Å². The SMILES string of the molecule is CCOc1ccnc2c1[C@H](c1ccc(C#N)cc1OC)C(C(N)=O)=C(C)N2. The number of allylic oxidation sites excluding steroid dienone is 1. The van der Waals surface area contributed by atoms with Crippen molar-refractivity contribution < 1.29 is 14.3 Å². The molecule has 0 aliphatic carbocycles. The second kappa shape index (κ2) is 7.38. The summed E-state index contributed by atoms with van der Waals surface area (Å²) >= 11 is 0. The molecular formula is C20H20N4O3. The molecule has 2 aromatic rings. The number of rotatable bonds is 5. The molecule has 7 heteroatoms. The Morgan fingerprint density at radius 1 is 1.37 bits per heavy atom. The van der Waals surface area contributed by atoms with Crippen LogP contribution in [0.4, 0.5) is 5.82 Å². The van der Waals surface area contributed by atoms with Crippen molar-refractivity contribution in [3.05, 3.63) is 58.4 Å². The van der Waals surface area contributed by atoms with Crippen molar-refractivity contribution in [1.29, 1.82) is 5.26 Å². The largest absolute Gasteiger partial charge is 0.496 e. The average Bonchev–Trinajstić information content (AvgIpc) is 2.66. The standard InChI is InChI=1S/C20H20N4O3/c1-4-27-14-7-8-23-20-18(14)17(16(19(22)25)11(2)24-20)13-6-5-12(10-21)9-15(13)26-3/h5-9,17H,4H2,1-3H3,(H2,22,25)(H,23,24)/t17-/m1/s1. The zero-order chi connectivity index (χ0) is 19.6. The zero-order valence-corrected chi connectivity index (χ0v) is 15.4. The summed E-state index contributed by atoms with van der Waals surface area (Å²) in [6, 6.07) is 8.95. The van der Waals surface area contributed by atoms with Crippen molar-refractivity contribution in [2.45, 2.75) is 19.8 Å². The smallest absolute Gasteiger partial charge is 0.247 e. The number of benzene rings is 1. The topological polar surface area (TPSA) is 110 Å². The van der Waals surface area contributed by atoms with Crippen LogP contribution in [0.25, 0.3) is 0 Å². The van der Waals surface area contributed by atoms with Crippen LogP contribution in [0, 0.1) is 11.3 Å². The molecule has 138 valence electrons. The minimum atomic E-state index is -0.548. The number of primary amides is 1. The number of aromatic nitrogens is 1. The number of nitrogens with zero attached hydrogens (tertiary/aromatic N) is 2. The number of nitriles is 1. The molecule has 3 rings (SSSR count). The summed E-state index contributed by atoms with van der Waals surface area (Å²) in [6.07, 6.45) is 1.65. The van der Waals surface area contributed by atoms with Crippen LogP contribution in [-0.4, -0.2) is 24.6 Å². The molecule has 2 heterocycles. The molecule has 1 aliphatic rings. The van der Waals surface area contributed by atoms with Crippen molar-refractivity contribution in [3.63, 3.8) is 0 Å². The molecule has 0 saturated heterocycles. The highest BCUT2D eigenvalue weighted by Crippen LogP contribution is 2.47. The Morgan fingerprint density at radius 2 is 2.15 bits per heavy atom. The number of fused-ring (bicyclic) bond motifs is 1. The Balaban J connectivity index is 2.32. The molecule has 1 amide bonds. The molecule has 0 bridgehead atoms. The van der Waals surface area contributed by atoms with Crippen molar-refractivity contribution >= 4 is 11.7 Å². The Morgan fingerprint density at radius 3 is 2.78 bits per heavy atom. The second-order valence-electron chi connectivity index (χ2n) is 6.03. The lowest BCUT2D eigenvalue weighted by Gasteiger charge is -2.31. The predicted octanol–water partition coefficient (Wildman–Crippen LogP) is 2.68. The van der Waals surface area contributed by atoms with Gasteiger partial charge in [-0.2, -0.15) is 5.26 Å². The van der Waals surface area contributed by atoms with E-state index in [1.807, 2.05) is 6.92 Å². The van der Waals surface area contributed by atoms with E-state index in [9.17, 15) is 10.1 Å². The van der Waals surface area contributed by atoms with E-state index in [4.69, 9.17) is 15.2 Å². The third kappa shape index (κ3) is 3.17. The normalized spacial score (nSPS) is 15.4. The number of ether oxygens (including phenoxy) is 2. The molecular weight excluding hydrogens is 344 g/mol. The maximum absolute atomic E-state index is 12.3. The van der Waals surface area contributed by atoms with Gasteiger partial charge >= 0.3 is 0 Å². The molecule has 1 aliphatic heterocycles. The second-order valence-corrected chi connectivity index (χ2v) is 6.03. The van der Waals surface area contributed by atoms with Crippen LogP contribution in [0.5, 0.6) is 11.5 Å². The molecule has 1 atom stereocenters. The van der Waals surface area contributed by atoms with Crippen molar-refractivity contribution in [3.8, 4) is 17.6 Å². The van der Waals surface area contributed by atoms with E-state index in [0.717, 1.165) is 0 Å². The molecule has 0 spiro atoms. The van der Waals surface area contributed by atoms with Crippen LogP contribution < -0.4 is 20.5 Å². The molecule has 3 N–H and O–H groups in total. The summed E-state index contributed by atoms with van der Waals surface area (Å²) in [7, 11) is 1.52. The number of methoxy groups -OCH3 is 1. The third-order valence-electron chi connectivity index (χ3n) is 4.48. The van der Waals surface area contributed by atoms with Crippen molar-refractivity contribution in [2.75, 3.05) is 19.0 Å². The number of nitrogens with one attached hydrogen (secondary N) is 1. The Hall–Kier alpha value is -3.53. The fourth-order valence-electron chi connectivity index (χ4n) is 3.38. The van der Waals surface area contributed by atoms with Gasteiger partial charge in [-0.3, -0.25) is 4.79 Å². The van der Waals surface area contributed by atoms with Gasteiger partial charge in [0.25, 0.3) is 0 Å². The van der Waals surface area contributed by atoms with Crippen LogP contribution in [0.1, 0.15) is 36.5 Å². The number of hydrogen-bond acceptors (Lipinski definition) is 6. The minimum Gasteiger partial charge on any atom is -0.496 e. The first kappa shape index (κ1) is 18.3. The van der Waals surface area contributed by atoms with Crippen molar-refractivity contribution in [1.82, 2.24) is 4.98 Å². The molecule has 0 radical (unpaired) electrons. The first-order valence-corrected chi connectivity index (χ1v) is 8.49. The first-order valence-electron chi connectivity index (χ1n) is 8.49. The van der Waals surface area contributed by atoms with Crippen LogP contribution in [-0.2, 0) is 4.79 Å². The van der Waals surface area contributed by atoms with Gasteiger partial charge in [0.2, 0.25) is 5.91 Å². The van der Waals surface area contributed by atoms with Crippen LogP contribution in [0.2, 0.25) is 0 Å². The van der Waals surface area contributed by atoms with Gasteiger partial charge in [-0.25, -0.2) is 4.98 Å². The summed E-state index contributed by atoms with van der Waals surface area (Å²) in [5, 5.41) is 12.3. The van der Waals surface area contributed by atoms with E-state index < -0.39 is 11.8 Å². The van der Waals surface area contributed by atoms with Crippen molar-refractivity contribution in [2.24, 2.45) is 5.73 Å². The number of anilines is 1. The summed E-state index contributed by atoms with van der Waals surface area (Å²) in [6.45, 7) is 4.12. The molecule has 0 fully saturated rings. The van der Waals surface area contributed by atoms with Crippen LogP contribution in [0.15, 0.2) is 41.7 Å². The highest BCUT2D eigenvalue weighted by molar-refractivity contribution is 5.97. The van der Waals surface area contributed by atoms with Crippen LogP contribution >= 0.6 is 0 Å². The van der Waals surface area contributed by atoms with Gasteiger partial charge in [-0.05, 0) is 32.0 Å². The van der Waals surface area contributed by atoms with Gasteiger partial charge in [0.1, 0.15) is 17.3 Å². The lowest BCUT2D eigenvalue weighted by molar-refractivity contribution is -0.114. The average molecular weight is 364 g/mol. The molecule has 0 unspecified atom stereocenters. The fourth-order valence-corrected chi connectivity index (χ4v) is 3.38. The summed E-state index contributed by atoms with van der Waals surface area (Å²) in [5.41, 5.74) is 8.62. The molecule has 7 nitrogen and oxygen atoms in total. The van der Waals surface area contributed by atoms with Gasteiger partial charge in [0.15, 0.2) is 0 Å². The highest BCUT2D eigenvalue weighted by atomic mass is 16.5. The van der Waals surface area contributed by atoms with E-state index in [-0.39, 0.29) is 0 Å². The van der Waals surface area contributed by atoms with Gasteiger partial charge in [-0.1, -0.05) is 6.07 Å². The Kier molecular flexibility index (Phi) is 4.99. The van der Waals surface area contributed by atoms with Crippen LogP contribution in [0.3, 0.4) is 0 Å². The quantitative estimate of drug-likeness (QED) is 0.844. The van der Waals surface area contributed by atoms with E-state index >= 15 is 0 Å². The summed E-state index contributed by atoms with van der Waals surface area (Å²) in [4.78, 5) is 16.7. The maximum Gasteiger partial charge on any atom is 0.247 e. The summed E-state index contributed by atoms with van der Waals surface area (Å²) in [5.74, 6) is 0.618. The Bertz CT molecular complexity index is 976. The molecule has 1 aromatic carbocycles. The summed E-state index contributed by atoms with van der Waals surface area (Å²) < 4.78 is 11.3. The Labute approximate surface area is 157 Å². The van der Waals surface area contributed by atoms with Gasteiger partial charge in [0.05, 0.1) is 31.3 Å². The first-order chi connectivity index (χ1) is 13.0.